The molecule has 6 aromatic carbocycles. The fourth-order valence-corrected chi connectivity index (χ4v) is 19.2. The van der Waals surface area contributed by atoms with E-state index in [1.807, 2.05) is 112 Å². The minimum absolute atomic E-state index is 0.0110. The van der Waals surface area contributed by atoms with Crippen molar-refractivity contribution in [2.24, 2.45) is 16.7 Å². The summed E-state index contributed by atoms with van der Waals surface area (Å²) < 4.78 is 63.2. The largest absolute Gasteiger partial charge is 0.456 e. The van der Waals surface area contributed by atoms with E-state index in [9.17, 15) is 38.7 Å². The van der Waals surface area contributed by atoms with Crippen LogP contribution in [-0.4, -0.2) is 177 Å². The highest BCUT2D eigenvalue weighted by Crippen LogP contribution is 2.65. The van der Waals surface area contributed by atoms with Crippen molar-refractivity contribution in [3.05, 3.63) is 227 Å². The predicted octanol–water partition coefficient (Wildman–Crippen LogP) is 13.3. The Labute approximate surface area is 672 Å². The summed E-state index contributed by atoms with van der Waals surface area (Å²) >= 11 is 0. The summed E-state index contributed by atoms with van der Waals surface area (Å²) in [6.07, 6.45) is -12.5. The predicted molar refractivity (Wildman–Crippen MR) is 426 cm³/mol. The van der Waals surface area contributed by atoms with Gasteiger partial charge in [-0.1, -0.05) is 192 Å². The van der Waals surface area contributed by atoms with Gasteiger partial charge in [-0.2, -0.15) is 0 Å². The number of nitrogens with one attached hydrogen (secondary N) is 3. The smallest absolute Gasteiger partial charge is 0.410 e. The summed E-state index contributed by atoms with van der Waals surface area (Å²) in [5.74, 6) is -6.96. The maximum absolute atomic E-state index is 16.9. The molecule has 6 aromatic rings. The minimum Gasteiger partial charge on any atom is -0.456 e. The second-order valence-corrected chi connectivity index (χ2v) is 35.2. The number of rotatable bonds is 35. The third-order valence-corrected chi connectivity index (χ3v) is 27.6. The van der Waals surface area contributed by atoms with Crippen LogP contribution in [0.15, 0.2) is 193 Å². The molecule has 11 atom stereocenters. The van der Waals surface area contributed by atoms with Crippen molar-refractivity contribution in [1.82, 2.24) is 25.8 Å². The first-order chi connectivity index (χ1) is 55.2. The lowest BCUT2D eigenvalue weighted by molar-refractivity contribution is -0.345. The number of benzene rings is 6. The Balaban J connectivity index is 0.938. The molecule has 26 nitrogen and oxygen atoms in total. The van der Waals surface area contributed by atoms with E-state index < -0.39 is 152 Å². The zero-order valence-electron chi connectivity index (χ0n) is 66.9. The molecule has 5 amide bonds. The SMILES string of the molecule is CC[Si](CC)(CC)O[C@@H](C(=O)O[C@H]1C[C@@]2(O)[C@@H](OC(=O)c3ccccc3)[C@@H]3[C@]4(OC(C)=O)CO[C@@H]4C[C@H](OC(=O)NCCCN(CCCCN(CCCNC(=O)OCc4ccccc4)C(=O)OCc4ccccc4)C(=O)OCc4ccccc4)[C@@]3(C)C(=O)[C@H](OC(C)=O)C(=C1C)C2(C)C)[C@@H](NC(=O)c1ccccc1)c1ccccc1. The first-order valence-corrected chi connectivity index (χ1v) is 42.1. The normalized spacial score (nSPS) is 22.3. The molecule has 614 valence electrons. The van der Waals surface area contributed by atoms with E-state index in [1.54, 1.807) is 105 Å². The maximum Gasteiger partial charge on any atom is 0.410 e. The van der Waals surface area contributed by atoms with E-state index in [0.717, 1.165) is 30.5 Å². The number of Topliss-reactive ketones (excluding diaryl/α,β-unsaturated/α-hetero) is 1. The average Bonchev–Trinajstić information content (AvgIpc) is 0.666. The minimum atomic E-state index is -2.88. The number of hydrogen-bond donors (Lipinski definition) is 4. The number of alkyl carbamates (subject to hydrolysis) is 2. The van der Waals surface area contributed by atoms with E-state index >= 15 is 14.4 Å². The molecule has 0 spiro atoms. The van der Waals surface area contributed by atoms with Crippen molar-refractivity contribution in [1.29, 1.82) is 0 Å². The number of carbonyl (C=O) groups excluding carboxylic acids is 10. The number of unbranched alkanes of at least 4 members (excludes halogenated alkanes) is 1. The van der Waals surface area contributed by atoms with E-state index in [0.29, 0.717) is 48.5 Å². The fourth-order valence-electron chi connectivity index (χ4n) is 16.4. The van der Waals surface area contributed by atoms with Crippen LogP contribution in [0.2, 0.25) is 18.1 Å². The first kappa shape index (κ1) is 86.7. The van der Waals surface area contributed by atoms with Gasteiger partial charge < -0.3 is 77.9 Å². The number of nitrogens with zero attached hydrogens (tertiary/aromatic N) is 2. The van der Waals surface area contributed by atoms with Gasteiger partial charge in [-0.15, -0.1) is 0 Å². The van der Waals surface area contributed by atoms with Gasteiger partial charge in [0.25, 0.3) is 5.91 Å². The van der Waals surface area contributed by atoms with E-state index in [1.165, 1.54) is 24.0 Å². The zero-order valence-corrected chi connectivity index (χ0v) is 67.9. The molecule has 1 heterocycles. The highest BCUT2D eigenvalue weighted by atomic mass is 28.4. The standard InChI is InChI=1S/C88H107N5O21Si/c1-10-115(11-2,12-3)114-74(72(65-41-25-16-26-42-65)91-78(97)66-43-27-17-28-44-66)80(99)110-68-54-88(104)77(112-79(98)67-45-29-18-30-46-67)75-86(9,76(96)73(109-60(5)94)71(59(68)4)85(88,7)8)69(53-70-87(75,58-108-70)113-61(6)95)111-82(101)90-48-34-52-93(84(103)107-57-64-39-23-15-24-40-64)50-32-31-49-92(83(102)106-56-63-37-21-14-22-38-63)51-33-47-89-81(100)105-55-62-35-19-13-20-36-62/h13-30,35-46,68-70,72-75,77,104H,10-12,31-34,47-58H2,1-9H3,(H,89,100)(H,90,101)(H,91,97)/t68-,69-,70+,72-,73+,74+,75-,77-,86+,87-,88+/m0/s1. The van der Waals surface area contributed by atoms with Crippen LogP contribution in [0.25, 0.3) is 0 Å². The summed E-state index contributed by atoms with van der Waals surface area (Å²) in [4.78, 5) is 149. The molecule has 2 bridgehead atoms. The molecule has 1 saturated heterocycles. The average molecular weight is 1600 g/mol. The van der Waals surface area contributed by atoms with Crippen molar-refractivity contribution in [2.75, 3.05) is 45.9 Å². The lowest BCUT2D eigenvalue weighted by Crippen LogP contribution is -2.82. The van der Waals surface area contributed by atoms with E-state index in [4.69, 9.17) is 47.1 Å². The summed E-state index contributed by atoms with van der Waals surface area (Å²) in [5.41, 5.74) is -5.32. The number of ketones is 1. The van der Waals surface area contributed by atoms with Gasteiger partial charge in [-0.3, -0.25) is 19.2 Å². The van der Waals surface area contributed by atoms with Crippen LogP contribution in [0.4, 0.5) is 19.2 Å². The van der Waals surface area contributed by atoms with Gasteiger partial charge in [0.15, 0.2) is 31.9 Å². The number of esters is 4. The molecule has 1 aliphatic heterocycles. The van der Waals surface area contributed by atoms with Gasteiger partial charge in [-0.05, 0) is 115 Å². The third-order valence-electron chi connectivity index (χ3n) is 23.0. The molecule has 3 aliphatic carbocycles. The van der Waals surface area contributed by atoms with Crippen molar-refractivity contribution >= 4 is 68.3 Å². The van der Waals surface area contributed by atoms with E-state index in [-0.39, 0.29) is 88.6 Å². The van der Waals surface area contributed by atoms with Gasteiger partial charge in [0.1, 0.15) is 49.8 Å². The lowest BCUT2D eigenvalue weighted by Gasteiger charge is -2.67. The second kappa shape index (κ2) is 39.5. The van der Waals surface area contributed by atoms with E-state index in [2.05, 4.69) is 16.0 Å². The highest BCUT2D eigenvalue weighted by Gasteiger charge is 2.79. The van der Waals surface area contributed by atoms with Crippen LogP contribution >= 0.6 is 0 Å². The van der Waals surface area contributed by atoms with Crippen LogP contribution in [0.3, 0.4) is 0 Å². The third kappa shape index (κ3) is 20.7. The molecule has 0 unspecified atom stereocenters. The van der Waals surface area contributed by atoms with Crippen LogP contribution < -0.4 is 16.0 Å². The molecule has 2 saturated carbocycles. The molecular weight excluding hydrogens is 1490 g/mol. The summed E-state index contributed by atoms with van der Waals surface area (Å²) in [5, 5.41) is 23.3. The first-order valence-electron chi connectivity index (χ1n) is 39.5. The number of hydrogen-bond acceptors (Lipinski definition) is 21. The van der Waals surface area contributed by atoms with Crippen LogP contribution in [-0.2, 0) is 86.1 Å². The van der Waals surface area contributed by atoms with Crippen LogP contribution in [0, 0.1) is 16.7 Å². The molecule has 27 heteroatoms. The Morgan fingerprint density at radius 3 is 1.52 bits per heavy atom. The Morgan fingerprint density at radius 2 is 1.04 bits per heavy atom. The highest BCUT2D eigenvalue weighted by molar-refractivity contribution is 6.73. The van der Waals surface area contributed by atoms with Gasteiger partial charge in [-0.25, -0.2) is 28.8 Å². The maximum atomic E-state index is 16.9. The molecule has 115 heavy (non-hydrogen) atoms. The topological polar surface area (TPSA) is 326 Å². The second-order valence-electron chi connectivity index (χ2n) is 30.5. The van der Waals surface area contributed by atoms with Gasteiger partial charge in [0.2, 0.25) is 0 Å². The Bertz CT molecular complexity index is 4340. The Kier molecular flexibility index (Phi) is 29.8. The van der Waals surface area contributed by atoms with Crippen LogP contribution in [0.1, 0.15) is 150 Å². The van der Waals surface area contributed by atoms with Crippen molar-refractivity contribution < 1.29 is 100 Å². The quantitative estimate of drug-likeness (QED) is 0.00944. The van der Waals surface area contributed by atoms with Gasteiger partial charge in [0, 0.05) is 76.9 Å². The number of fused-ring (bicyclic) bond motifs is 5. The molecule has 0 aromatic heterocycles. The van der Waals surface area contributed by atoms with Crippen molar-refractivity contribution in [3.63, 3.8) is 0 Å². The molecule has 4 N–H and O–H groups in total. The van der Waals surface area contributed by atoms with Gasteiger partial charge in [0.05, 0.1) is 29.5 Å². The number of carbonyl (C=O) groups is 10. The van der Waals surface area contributed by atoms with Gasteiger partial charge >= 0.3 is 48.3 Å². The summed E-state index contributed by atoms with van der Waals surface area (Å²) in [6, 6.07) is 53.2. The number of amides is 5. The lowest BCUT2D eigenvalue weighted by atomic mass is 9.44. The number of ether oxygens (including phenoxy) is 9. The zero-order chi connectivity index (χ0) is 82.5. The Hall–Kier alpha value is -10.7. The molecule has 4 aliphatic rings. The number of aliphatic hydroxyl groups is 1. The Morgan fingerprint density at radius 1 is 0.574 bits per heavy atom. The summed E-state index contributed by atoms with van der Waals surface area (Å²) in [6.45, 7) is 14.7. The summed E-state index contributed by atoms with van der Waals surface area (Å²) in [7, 11) is -2.88. The molecule has 3 fully saturated rings. The van der Waals surface area contributed by atoms with Crippen molar-refractivity contribution in [3.8, 4) is 0 Å². The van der Waals surface area contributed by atoms with Crippen LogP contribution in [0.5, 0.6) is 0 Å². The monoisotopic (exact) mass is 1600 g/mol. The molecular formula is C88H107N5O21Si. The molecule has 10 rings (SSSR count). The molecule has 0 radical (unpaired) electrons. The fraction of sp³-hybridized carbons (Fsp3) is 0.455. The van der Waals surface area contributed by atoms with Crippen molar-refractivity contribution in [2.45, 2.75) is 193 Å².